The van der Waals surface area contributed by atoms with Gasteiger partial charge in [-0.25, -0.2) is 9.69 Å². The van der Waals surface area contributed by atoms with Gasteiger partial charge in [-0.3, -0.25) is 14.5 Å². The van der Waals surface area contributed by atoms with Crippen LogP contribution in [0.5, 0.6) is 0 Å². The molecule has 9 heteroatoms. The van der Waals surface area contributed by atoms with Gasteiger partial charge < -0.3 is 15.0 Å². The third-order valence-electron chi connectivity index (χ3n) is 7.20. The van der Waals surface area contributed by atoms with Crippen molar-refractivity contribution in [2.75, 3.05) is 44.2 Å². The van der Waals surface area contributed by atoms with Gasteiger partial charge >= 0.3 is 5.97 Å². The zero-order valence-corrected chi connectivity index (χ0v) is 22.1. The summed E-state index contributed by atoms with van der Waals surface area (Å²) < 4.78 is 5.04. The Balaban J connectivity index is 1.17. The lowest BCUT2D eigenvalue weighted by atomic mass is 10.0. The summed E-state index contributed by atoms with van der Waals surface area (Å²) >= 11 is 5.47. The molecule has 194 valence electrons. The molecular weight excluding hydrogens is 476 g/mol. The van der Waals surface area contributed by atoms with E-state index in [1.165, 1.54) is 4.90 Å². The molecule has 3 aliphatic heterocycles. The molecule has 0 saturated carbocycles. The fourth-order valence-corrected chi connectivity index (χ4v) is 5.27. The van der Waals surface area contributed by atoms with Gasteiger partial charge in [0.1, 0.15) is 6.61 Å². The highest BCUT2D eigenvalue weighted by Gasteiger charge is 2.37. The molecule has 1 N–H and O–H groups in total. The van der Waals surface area contributed by atoms with Crippen LogP contribution in [0.4, 0.5) is 5.69 Å². The molecule has 36 heavy (non-hydrogen) atoms. The molecule has 1 aromatic rings. The van der Waals surface area contributed by atoms with Crippen molar-refractivity contribution >= 4 is 40.8 Å². The lowest BCUT2D eigenvalue weighted by molar-refractivity contribution is -0.120. The molecule has 0 radical (unpaired) electrons. The Hall–Kier alpha value is -2.78. The van der Waals surface area contributed by atoms with Gasteiger partial charge in [-0.1, -0.05) is 19.8 Å². The predicted octanol–water partition coefficient (Wildman–Crippen LogP) is 3.40. The number of hydrogen-bond donors (Lipinski definition) is 1. The van der Waals surface area contributed by atoms with E-state index in [1.807, 2.05) is 0 Å². The van der Waals surface area contributed by atoms with Crippen LogP contribution in [-0.4, -0.2) is 72.0 Å². The molecule has 8 nitrogen and oxygen atoms in total. The number of ether oxygens (including phenoxy) is 1. The zero-order chi connectivity index (χ0) is 25.7. The molecule has 0 aliphatic carbocycles. The normalized spacial score (nSPS) is 18.2. The van der Waals surface area contributed by atoms with E-state index in [2.05, 4.69) is 22.0 Å². The number of thiocarbonyl (C=S) groups is 1. The van der Waals surface area contributed by atoms with Crippen molar-refractivity contribution in [3.05, 3.63) is 40.5 Å². The Morgan fingerprint density at radius 2 is 1.78 bits per heavy atom. The quantitative estimate of drug-likeness (QED) is 0.221. The Labute approximate surface area is 218 Å². The number of hydrogen-bond acceptors (Lipinski definition) is 6. The maximum Gasteiger partial charge on any atom is 0.338 e. The number of nitrogens with zero attached hydrogens (tertiary/aromatic N) is 3. The first kappa shape index (κ1) is 26.3. The van der Waals surface area contributed by atoms with Gasteiger partial charge in [0.25, 0.3) is 11.8 Å². The van der Waals surface area contributed by atoms with E-state index in [1.54, 1.807) is 25.1 Å². The Bertz CT molecular complexity index is 1060. The molecule has 0 atom stereocenters. The molecule has 2 amide bonds. The predicted molar refractivity (Wildman–Crippen MR) is 143 cm³/mol. The lowest BCUT2D eigenvalue weighted by Crippen LogP contribution is -2.51. The van der Waals surface area contributed by atoms with E-state index in [-0.39, 0.29) is 24.4 Å². The van der Waals surface area contributed by atoms with Gasteiger partial charge in [0, 0.05) is 49.4 Å². The molecule has 3 aliphatic rings. The minimum atomic E-state index is -0.364. The zero-order valence-electron chi connectivity index (χ0n) is 21.3. The number of fused-ring (bicyclic) bond motifs is 1. The first-order valence-corrected chi connectivity index (χ1v) is 13.4. The second kappa shape index (κ2) is 12.0. The third-order valence-corrected chi connectivity index (χ3v) is 7.60. The van der Waals surface area contributed by atoms with E-state index in [9.17, 15) is 14.4 Å². The van der Waals surface area contributed by atoms with Gasteiger partial charge in [0.05, 0.1) is 11.3 Å². The minimum absolute atomic E-state index is 0.177. The fraction of sp³-hybridized carbons (Fsp3) is 0.556. The SMILES string of the molecule is CCCNC(=S)N1CCN(CCCCCCC2=C(C)C(=O)N(c3ccc4c(c3)COC4=O)C2=O)CC1. The van der Waals surface area contributed by atoms with Crippen molar-refractivity contribution in [2.45, 2.75) is 59.0 Å². The number of amides is 2. The van der Waals surface area contributed by atoms with E-state index < -0.39 is 0 Å². The van der Waals surface area contributed by atoms with Crippen molar-refractivity contribution in [2.24, 2.45) is 0 Å². The summed E-state index contributed by atoms with van der Waals surface area (Å²) in [4.78, 5) is 43.6. The highest BCUT2D eigenvalue weighted by Crippen LogP contribution is 2.32. The molecule has 4 rings (SSSR count). The molecule has 0 spiro atoms. The number of benzene rings is 1. The first-order valence-electron chi connectivity index (χ1n) is 13.0. The van der Waals surface area contributed by atoms with Crippen LogP contribution in [0.1, 0.15) is 68.3 Å². The topological polar surface area (TPSA) is 82.2 Å². The lowest BCUT2D eigenvalue weighted by Gasteiger charge is -2.36. The van der Waals surface area contributed by atoms with E-state index in [0.29, 0.717) is 34.4 Å². The van der Waals surface area contributed by atoms with Gasteiger partial charge in [-0.2, -0.15) is 0 Å². The Kier molecular flexibility index (Phi) is 8.74. The first-order chi connectivity index (χ1) is 17.4. The largest absolute Gasteiger partial charge is 0.457 e. The molecule has 3 heterocycles. The Morgan fingerprint density at radius 3 is 2.53 bits per heavy atom. The summed E-state index contributed by atoms with van der Waals surface area (Å²) in [5.74, 6) is -0.882. The van der Waals surface area contributed by atoms with Crippen molar-refractivity contribution in [3.8, 4) is 0 Å². The number of nitrogens with one attached hydrogen (secondary N) is 1. The van der Waals surface area contributed by atoms with Crippen LogP contribution < -0.4 is 10.2 Å². The van der Waals surface area contributed by atoms with Crippen molar-refractivity contribution in [3.63, 3.8) is 0 Å². The second-order valence-corrected chi connectivity index (χ2v) is 10.1. The van der Waals surface area contributed by atoms with Crippen LogP contribution >= 0.6 is 12.2 Å². The molecule has 1 saturated heterocycles. The standard InChI is InChI=1S/C27H36N4O4S/c1-3-11-28-27(36)30-15-13-29(14-16-30)12-7-5-4-6-8-22-19(2)24(32)31(25(22)33)21-9-10-23-20(17-21)18-35-26(23)34/h9-10,17H,3-8,11-16,18H2,1-2H3,(H,28,36). The summed E-state index contributed by atoms with van der Waals surface area (Å²) in [6, 6.07) is 4.99. The summed E-state index contributed by atoms with van der Waals surface area (Å²) in [7, 11) is 0. The van der Waals surface area contributed by atoms with Gasteiger partial charge in [-0.05, 0) is 69.6 Å². The summed E-state index contributed by atoms with van der Waals surface area (Å²) in [5, 5.41) is 4.18. The summed E-state index contributed by atoms with van der Waals surface area (Å²) in [5.41, 5.74) is 2.84. The number of unbranched alkanes of at least 4 members (excludes halogenated alkanes) is 3. The van der Waals surface area contributed by atoms with E-state index >= 15 is 0 Å². The molecule has 1 fully saturated rings. The maximum absolute atomic E-state index is 13.1. The highest BCUT2D eigenvalue weighted by atomic mass is 32.1. The number of rotatable bonds is 10. The second-order valence-electron chi connectivity index (χ2n) is 9.69. The number of carbonyl (C=O) groups is 3. The third kappa shape index (κ3) is 5.78. The van der Waals surface area contributed by atoms with E-state index in [0.717, 1.165) is 76.5 Å². The highest BCUT2D eigenvalue weighted by molar-refractivity contribution is 7.80. The molecule has 1 aromatic carbocycles. The average molecular weight is 513 g/mol. The fourth-order valence-electron chi connectivity index (χ4n) is 4.98. The summed E-state index contributed by atoms with van der Waals surface area (Å²) in [6.07, 6.45) is 5.84. The van der Waals surface area contributed by atoms with Gasteiger partial charge in [0.2, 0.25) is 0 Å². The van der Waals surface area contributed by atoms with Crippen LogP contribution in [0.2, 0.25) is 0 Å². The number of imide groups is 1. The molecule has 0 unspecified atom stereocenters. The minimum Gasteiger partial charge on any atom is -0.457 e. The van der Waals surface area contributed by atoms with Crippen LogP contribution in [0.25, 0.3) is 0 Å². The van der Waals surface area contributed by atoms with Gasteiger partial charge in [0.15, 0.2) is 5.11 Å². The van der Waals surface area contributed by atoms with Crippen LogP contribution in [0, 0.1) is 0 Å². The van der Waals surface area contributed by atoms with E-state index in [4.69, 9.17) is 17.0 Å². The molecule has 0 aromatic heterocycles. The monoisotopic (exact) mass is 512 g/mol. The smallest absolute Gasteiger partial charge is 0.338 e. The van der Waals surface area contributed by atoms with Crippen molar-refractivity contribution in [1.29, 1.82) is 0 Å². The number of esters is 1. The Morgan fingerprint density at radius 1 is 1.03 bits per heavy atom. The van der Waals surface area contributed by atoms with Crippen LogP contribution in [-0.2, 0) is 20.9 Å². The van der Waals surface area contributed by atoms with Crippen LogP contribution in [0.15, 0.2) is 29.3 Å². The molecule has 0 bridgehead atoms. The number of cyclic esters (lactones) is 1. The summed E-state index contributed by atoms with van der Waals surface area (Å²) in [6.45, 7) is 10.1. The number of anilines is 1. The molecular formula is C27H36N4O4S. The van der Waals surface area contributed by atoms with Crippen molar-refractivity contribution < 1.29 is 19.1 Å². The number of piperazine rings is 1. The van der Waals surface area contributed by atoms with Gasteiger partial charge in [-0.15, -0.1) is 0 Å². The maximum atomic E-state index is 13.1. The number of carbonyl (C=O) groups excluding carboxylic acids is 3. The van der Waals surface area contributed by atoms with Crippen LogP contribution in [0.3, 0.4) is 0 Å². The van der Waals surface area contributed by atoms with Crippen molar-refractivity contribution in [1.82, 2.24) is 15.1 Å². The average Bonchev–Trinajstić information content (AvgIpc) is 3.35.